The van der Waals surface area contributed by atoms with Crippen molar-refractivity contribution in [3.8, 4) is 0 Å². The highest BCUT2D eigenvalue weighted by Crippen LogP contribution is 2.20. The minimum Gasteiger partial charge on any atom is -0.296 e. The predicted octanol–water partition coefficient (Wildman–Crippen LogP) is 4.19. The van der Waals surface area contributed by atoms with Crippen molar-refractivity contribution < 1.29 is 8.42 Å². The largest absolute Gasteiger partial charge is 0.296 e. The van der Waals surface area contributed by atoms with E-state index in [1.807, 2.05) is 36.4 Å². The highest BCUT2D eigenvalue weighted by molar-refractivity contribution is 7.89. The van der Waals surface area contributed by atoms with Gasteiger partial charge in [-0.25, -0.2) is 8.42 Å². The first kappa shape index (κ1) is 20.3. The van der Waals surface area contributed by atoms with Crippen LogP contribution in [0.3, 0.4) is 0 Å². The van der Waals surface area contributed by atoms with Gasteiger partial charge in [0.1, 0.15) is 0 Å². The van der Waals surface area contributed by atoms with Gasteiger partial charge in [0.2, 0.25) is 10.0 Å². The summed E-state index contributed by atoms with van der Waals surface area (Å²) < 4.78 is 27.4. The van der Waals surface area contributed by atoms with E-state index in [4.69, 9.17) is 11.6 Å². The number of halogens is 1. The molecule has 3 rings (SSSR count). The van der Waals surface area contributed by atoms with Crippen LogP contribution in [0.5, 0.6) is 0 Å². The van der Waals surface area contributed by atoms with Crippen LogP contribution in [0.2, 0.25) is 5.02 Å². The Morgan fingerprint density at radius 2 is 1.48 bits per heavy atom. The van der Waals surface area contributed by atoms with Crippen LogP contribution in [0.25, 0.3) is 0 Å². The lowest BCUT2D eigenvalue weighted by molar-refractivity contribution is 0.181. The zero-order chi connectivity index (χ0) is 19.3. The molecule has 0 spiro atoms. The van der Waals surface area contributed by atoms with Gasteiger partial charge in [0, 0.05) is 37.7 Å². The summed E-state index contributed by atoms with van der Waals surface area (Å²) in [6, 6.07) is 15.2. The minimum absolute atomic E-state index is 0.397. The lowest BCUT2D eigenvalue weighted by Gasteiger charge is -2.34. The van der Waals surface area contributed by atoms with E-state index in [0.29, 0.717) is 18.0 Å². The second-order valence-corrected chi connectivity index (χ2v) is 9.43. The van der Waals surface area contributed by atoms with E-state index in [1.165, 1.54) is 11.1 Å². The molecule has 27 heavy (non-hydrogen) atoms. The molecule has 0 radical (unpaired) electrons. The molecule has 2 aromatic carbocycles. The van der Waals surface area contributed by atoms with E-state index in [2.05, 4.69) is 11.8 Å². The van der Waals surface area contributed by atoms with Crippen molar-refractivity contribution in [3.63, 3.8) is 0 Å². The normalized spacial score (nSPS) is 16.5. The maximum atomic E-state index is 12.9. The molecule has 0 amide bonds. The van der Waals surface area contributed by atoms with E-state index >= 15 is 0 Å². The molecule has 1 aliphatic rings. The van der Waals surface area contributed by atoms with Gasteiger partial charge in [-0.1, -0.05) is 49.2 Å². The first-order valence-electron chi connectivity index (χ1n) is 9.55. The average molecular weight is 407 g/mol. The summed E-state index contributed by atoms with van der Waals surface area (Å²) in [7, 11) is -3.41. The zero-order valence-corrected chi connectivity index (χ0v) is 17.3. The van der Waals surface area contributed by atoms with Crippen molar-refractivity contribution in [1.82, 2.24) is 9.21 Å². The number of benzene rings is 2. The number of rotatable bonds is 7. The van der Waals surface area contributed by atoms with Crippen molar-refractivity contribution in [2.75, 3.05) is 26.2 Å². The number of unbranched alkanes of at least 4 members (excludes halogenated alkanes) is 1. The number of hydrogen-bond acceptors (Lipinski definition) is 3. The second-order valence-electron chi connectivity index (χ2n) is 7.05. The van der Waals surface area contributed by atoms with Crippen LogP contribution in [0.4, 0.5) is 0 Å². The lowest BCUT2D eigenvalue weighted by atomic mass is 10.1. The molecule has 6 heteroatoms. The standard InChI is InChI=1S/C21H27ClN2O2S/c1-2-3-4-18-7-11-21(12-8-18)27(25,26)24-15-13-23(14-16-24)17-19-5-9-20(22)10-6-19/h5-12H,2-4,13-17H2,1H3. The summed E-state index contributed by atoms with van der Waals surface area (Å²) in [4.78, 5) is 2.68. The molecule has 0 aromatic heterocycles. The molecule has 4 nitrogen and oxygen atoms in total. The zero-order valence-electron chi connectivity index (χ0n) is 15.8. The van der Waals surface area contributed by atoms with Gasteiger partial charge in [0.05, 0.1) is 4.90 Å². The first-order valence-corrected chi connectivity index (χ1v) is 11.4. The van der Waals surface area contributed by atoms with Crippen LogP contribution in [0, 0.1) is 0 Å². The van der Waals surface area contributed by atoms with Crippen molar-refractivity contribution in [1.29, 1.82) is 0 Å². The molecular weight excluding hydrogens is 380 g/mol. The molecule has 0 atom stereocenters. The summed E-state index contributed by atoms with van der Waals surface area (Å²) in [5, 5.41) is 0.732. The molecule has 0 N–H and O–H groups in total. The Morgan fingerprint density at radius 3 is 2.07 bits per heavy atom. The lowest BCUT2D eigenvalue weighted by Crippen LogP contribution is -2.48. The second kappa shape index (κ2) is 9.20. The third-order valence-corrected chi connectivity index (χ3v) is 7.20. The van der Waals surface area contributed by atoms with Gasteiger partial charge >= 0.3 is 0 Å². The summed E-state index contributed by atoms with van der Waals surface area (Å²) >= 11 is 5.93. The van der Waals surface area contributed by atoms with Gasteiger partial charge in [-0.3, -0.25) is 4.90 Å². The van der Waals surface area contributed by atoms with Crippen molar-refractivity contribution in [3.05, 3.63) is 64.7 Å². The number of aryl methyl sites for hydroxylation is 1. The highest BCUT2D eigenvalue weighted by atomic mass is 35.5. The van der Waals surface area contributed by atoms with Gasteiger partial charge in [-0.2, -0.15) is 4.31 Å². The quantitative estimate of drug-likeness (QED) is 0.692. The SMILES string of the molecule is CCCCc1ccc(S(=O)(=O)N2CCN(Cc3ccc(Cl)cc3)CC2)cc1. The Balaban J connectivity index is 1.58. The summed E-state index contributed by atoms with van der Waals surface area (Å²) in [6.07, 6.45) is 3.27. The van der Waals surface area contributed by atoms with Crippen molar-refractivity contribution in [2.24, 2.45) is 0 Å². The molecule has 1 aliphatic heterocycles. The van der Waals surface area contributed by atoms with Crippen LogP contribution >= 0.6 is 11.6 Å². The molecule has 0 unspecified atom stereocenters. The van der Waals surface area contributed by atoms with E-state index in [1.54, 1.807) is 16.4 Å². The van der Waals surface area contributed by atoms with Crippen molar-refractivity contribution >= 4 is 21.6 Å². The molecule has 0 bridgehead atoms. The Morgan fingerprint density at radius 1 is 0.889 bits per heavy atom. The molecule has 1 fully saturated rings. The van der Waals surface area contributed by atoms with Gasteiger partial charge < -0.3 is 0 Å². The number of sulfonamides is 1. The maximum absolute atomic E-state index is 12.9. The molecule has 1 saturated heterocycles. The molecular formula is C21H27ClN2O2S. The van der Waals surface area contributed by atoms with Crippen LogP contribution in [-0.2, 0) is 23.0 Å². The Labute approximate surface area is 167 Å². The minimum atomic E-state index is -3.41. The smallest absolute Gasteiger partial charge is 0.243 e. The fourth-order valence-corrected chi connectivity index (χ4v) is 4.88. The van der Waals surface area contributed by atoms with Gasteiger partial charge in [-0.05, 0) is 48.2 Å². The van der Waals surface area contributed by atoms with Gasteiger partial charge in [0.25, 0.3) is 0 Å². The van der Waals surface area contributed by atoms with E-state index < -0.39 is 10.0 Å². The van der Waals surface area contributed by atoms with Crippen LogP contribution in [-0.4, -0.2) is 43.8 Å². The Bertz CT molecular complexity index is 827. The van der Waals surface area contributed by atoms with Gasteiger partial charge in [-0.15, -0.1) is 0 Å². The average Bonchev–Trinajstić information content (AvgIpc) is 2.69. The van der Waals surface area contributed by atoms with Gasteiger partial charge in [0.15, 0.2) is 0 Å². The summed E-state index contributed by atoms with van der Waals surface area (Å²) in [5.41, 5.74) is 2.39. The maximum Gasteiger partial charge on any atom is 0.243 e. The topological polar surface area (TPSA) is 40.6 Å². The Hall–Kier alpha value is -1.40. The summed E-state index contributed by atoms with van der Waals surface area (Å²) in [6.45, 7) is 5.48. The van der Waals surface area contributed by atoms with Crippen molar-refractivity contribution in [2.45, 2.75) is 37.6 Å². The van der Waals surface area contributed by atoms with Crippen LogP contribution in [0.15, 0.2) is 53.4 Å². The number of hydrogen-bond donors (Lipinski definition) is 0. The Kier molecular flexibility index (Phi) is 6.93. The highest BCUT2D eigenvalue weighted by Gasteiger charge is 2.28. The molecule has 2 aromatic rings. The third kappa shape index (κ3) is 5.32. The monoisotopic (exact) mass is 406 g/mol. The fraction of sp³-hybridized carbons (Fsp3) is 0.429. The molecule has 0 aliphatic carbocycles. The van der Waals surface area contributed by atoms with Crippen LogP contribution < -0.4 is 0 Å². The number of nitrogens with zero attached hydrogens (tertiary/aromatic N) is 2. The first-order chi connectivity index (χ1) is 13.0. The summed E-state index contributed by atoms with van der Waals surface area (Å²) in [5.74, 6) is 0. The fourth-order valence-electron chi connectivity index (χ4n) is 3.33. The predicted molar refractivity (Wildman–Crippen MR) is 111 cm³/mol. The van der Waals surface area contributed by atoms with E-state index in [9.17, 15) is 8.42 Å². The molecule has 146 valence electrons. The molecule has 0 saturated carbocycles. The number of piperazine rings is 1. The van der Waals surface area contributed by atoms with E-state index in [0.717, 1.165) is 43.9 Å². The van der Waals surface area contributed by atoms with E-state index in [-0.39, 0.29) is 0 Å². The third-order valence-electron chi connectivity index (χ3n) is 5.03. The van der Waals surface area contributed by atoms with Crippen LogP contribution in [0.1, 0.15) is 30.9 Å². The molecule has 1 heterocycles.